The third-order valence-corrected chi connectivity index (χ3v) is 19.9. The van der Waals surface area contributed by atoms with Crippen LogP contribution < -0.4 is 5.32 Å². The van der Waals surface area contributed by atoms with Crippen molar-refractivity contribution in [2.45, 2.75) is 236 Å². The van der Waals surface area contributed by atoms with Gasteiger partial charge in [0, 0.05) is 71.0 Å². The largest absolute Gasteiger partial charge is 0.356 e. The van der Waals surface area contributed by atoms with Crippen LogP contribution in [0.1, 0.15) is 226 Å². The van der Waals surface area contributed by atoms with Gasteiger partial charge in [-0.25, -0.2) is 0 Å². The molecule has 1 N–H and O–H groups in total. The zero-order valence-corrected chi connectivity index (χ0v) is 42.7. The fourth-order valence-corrected chi connectivity index (χ4v) is 11.2. The third-order valence-electron chi connectivity index (χ3n) is 13.5. The van der Waals surface area contributed by atoms with Gasteiger partial charge in [-0.05, 0) is 88.9 Å². The topological polar surface area (TPSA) is 80.3 Å². The molecule has 0 aliphatic rings. The Morgan fingerprint density at radius 1 is 0.536 bits per heavy atom. The van der Waals surface area contributed by atoms with E-state index < -0.39 is 0 Å². The van der Waals surface area contributed by atoms with Crippen LogP contribution in [0.25, 0.3) is 0 Å². The van der Waals surface area contributed by atoms with Crippen molar-refractivity contribution in [3.8, 4) is 0 Å². The number of hydrogen-bond acceptors (Lipinski definition) is 8. The van der Waals surface area contributed by atoms with Gasteiger partial charge in [-0.2, -0.15) is 0 Å². The molecule has 0 radical (unpaired) electrons. The highest BCUT2D eigenvalue weighted by molar-refractivity contribution is 8.77. The summed E-state index contributed by atoms with van der Waals surface area (Å²) < 4.78 is 0.0791. The Morgan fingerprint density at radius 3 is 1.54 bits per heavy atom. The van der Waals surface area contributed by atoms with Crippen LogP contribution in [0.4, 0.5) is 0 Å². The van der Waals surface area contributed by atoms with E-state index >= 15 is 0 Å². The molecule has 0 fully saturated rings. The summed E-state index contributed by atoms with van der Waals surface area (Å²) in [4.78, 5) is 49.1. The number of nitrogens with one attached hydrogen (secondary N) is 1. The highest BCUT2D eigenvalue weighted by Gasteiger charge is 2.31. The maximum atomic E-state index is 12.6. The van der Waals surface area contributed by atoms with Crippen molar-refractivity contribution in [3.63, 3.8) is 0 Å². The van der Waals surface area contributed by atoms with Crippen molar-refractivity contribution in [1.29, 1.82) is 0 Å². The lowest BCUT2D eigenvalue weighted by Crippen LogP contribution is -2.28. The van der Waals surface area contributed by atoms with Crippen molar-refractivity contribution in [3.05, 3.63) is 0 Å². The van der Waals surface area contributed by atoms with Crippen LogP contribution in [0, 0.1) is 21.7 Å². The maximum absolute atomic E-state index is 12.6. The monoisotopic (exact) mass is 862 g/mol. The number of Topliss-reactive ketones (excluding diaryl/α,β-unsaturated/α-hetero) is 3. The molecule has 56 heavy (non-hydrogen) atoms. The van der Waals surface area contributed by atoms with E-state index in [0.29, 0.717) is 59.1 Å². The Morgan fingerprint density at radius 2 is 1.04 bits per heavy atom. The van der Waals surface area contributed by atoms with Crippen LogP contribution >= 0.6 is 43.2 Å². The summed E-state index contributed by atoms with van der Waals surface area (Å²) in [5, 5.41) is 3.55. The predicted molar refractivity (Wildman–Crippen MR) is 257 cm³/mol. The van der Waals surface area contributed by atoms with Crippen LogP contribution in [0.15, 0.2) is 0 Å². The summed E-state index contributed by atoms with van der Waals surface area (Å²) in [7, 11) is 7.32. The second-order valence-electron chi connectivity index (χ2n) is 18.2. The minimum absolute atomic E-state index is 0.0791. The van der Waals surface area contributed by atoms with Gasteiger partial charge in [0.15, 0.2) is 0 Å². The summed E-state index contributed by atoms with van der Waals surface area (Å²) in [6.45, 7) is 33.6. The van der Waals surface area contributed by atoms with Crippen LogP contribution in [0.5, 0.6) is 0 Å². The Hall–Kier alpha value is -0.120. The quantitative estimate of drug-likeness (QED) is 0.0506. The number of carbonyl (C=O) groups is 4. The smallest absolute Gasteiger partial charge is 0.220 e. The fourth-order valence-electron chi connectivity index (χ4n) is 6.19. The molecular formula is C47H91NO4S4. The first-order valence-corrected chi connectivity index (χ1v) is 27.3. The van der Waals surface area contributed by atoms with E-state index in [1.165, 1.54) is 12.8 Å². The van der Waals surface area contributed by atoms with Gasteiger partial charge in [-0.15, -0.1) is 0 Å². The van der Waals surface area contributed by atoms with Crippen molar-refractivity contribution < 1.29 is 19.2 Å². The average molecular weight is 863 g/mol. The van der Waals surface area contributed by atoms with Gasteiger partial charge >= 0.3 is 0 Å². The lowest BCUT2D eigenvalue weighted by atomic mass is 9.78. The molecule has 332 valence electrons. The van der Waals surface area contributed by atoms with Crippen LogP contribution in [-0.2, 0) is 19.2 Å². The summed E-state index contributed by atoms with van der Waals surface area (Å²) in [6, 6.07) is 0. The first-order valence-electron chi connectivity index (χ1n) is 22.6. The normalized spacial score (nSPS) is 13.2. The molecule has 0 spiro atoms. The molecule has 0 saturated carbocycles. The minimum atomic E-state index is -0.160. The molecule has 0 aliphatic carbocycles. The van der Waals surface area contributed by atoms with Crippen molar-refractivity contribution in [2.24, 2.45) is 21.7 Å². The Kier molecular flexibility index (Phi) is 31.9. The van der Waals surface area contributed by atoms with E-state index in [-0.39, 0.29) is 21.5 Å². The van der Waals surface area contributed by atoms with Crippen molar-refractivity contribution in [2.75, 3.05) is 18.1 Å². The highest BCUT2D eigenvalue weighted by atomic mass is 33.1. The molecule has 0 aromatic heterocycles. The van der Waals surface area contributed by atoms with Crippen molar-refractivity contribution >= 4 is 66.4 Å². The molecule has 1 atom stereocenters. The third kappa shape index (κ3) is 25.5. The number of rotatable bonds is 34. The van der Waals surface area contributed by atoms with Gasteiger partial charge in [0.25, 0.3) is 0 Å². The van der Waals surface area contributed by atoms with E-state index in [0.717, 1.165) is 102 Å². The molecule has 0 aromatic rings. The van der Waals surface area contributed by atoms with E-state index in [1.54, 1.807) is 10.8 Å². The Bertz CT molecular complexity index is 1080. The summed E-state index contributed by atoms with van der Waals surface area (Å²) in [5.41, 5.74) is 0.448. The number of carbonyl (C=O) groups excluding carboxylic acids is 4. The fraction of sp³-hybridized carbons (Fsp3) is 0.915. The SMILES string of the molecule is CCC(C)(CC)CCCC(=O)CCC(C)SSCCC(=O)C(C)(CC)CC.CCC(C)(CC)CCNC(=O)CCCSSC(C)(C)CCC(=O)C(C)(CC)CC. The number of ketones is 3. The minimum Gasteiger partial charge on any atom is -0.356 e. The number of amides is 1. The van der Waals surface area contributed by atoms with Crippen LogP contribution in [0.3, 0.4) is 0 Å². The maximum Gasteiger partial charge on any atom is 0.220 e. The van der Waals surface area contributed by atoms with Crippen LogP contribution in [0.2, 0.25) is 0 Å². The summed E-state index contributed by atoms with van der Waals surface area (Å²) >= 11 is 0. The van der Waals surface area contributed by atoms with E-state index in [1.807, 2.05) is 32.4 Å². The zero-order chi connectivity index (χ0) is 43.5. The standard InChI is InChI=1S/C24H47NO2S2.C23H44O2S2/c1-9-23(7,10-2)17-18-25-21(27)14-13-19-28-29-22(5,6)16-15-20(26)24(8,11-3)12-4;1-8-22(6,9-2)17-12-13-20(24)15-14-19(5)27-26-18-16-21(25)23(7,10-3)11-4/h9-19H2,1-8H3,(H,25,27);19H,8-18H2,1-7H3. The van der Waals surface area contributed by atoms with E-state index in [9.17, 15) is 19.2 Å². The molecule has 0 rings (SSSR count). The first-order chi connectivity index (χ1) is 26.1. The molecule has 5 nitrogen and oxygen atoms in total. The van der Waals surface area contributed by atoms with Gasteiger partial charge in [-0.1, -0.05) is 159 Å². The molecule has 1 amide bonds. The van der Waals surface area contributed by atoms with Gasteiger partial charge in [-0.3, -0.25) is 19.2 Å². The summed E-state index contributed by atoms with van der Waals surface area (Å²) in [6.07, 6.45) is 17.8. The zero-order valence-electron chi connectivity index (χ0n) is 39.4. The number of hydrogen-bond donors (Lipinski definition) is 1. The molecule has 0 heterocycles. The summed E-state index contributed by atoms with van der Waals surface area (Å²) in [5.74, 6) is 3.24. The molecular weight excluding hydrogens is 771 g/mol. The van der Waals surface area contributed by atoms with E-state index in [4.69, 9.17) is 0 Å². The molecule has 0 aliphatic heterocycles. The predicted octanol–water partition coefficient (Wildman–Crippen LogP) is 15.3. The first kappa shape index (κ1) is 58.0. The van der Waals surface area contributed by atoms with Crippen molar-refractivity contribution in [1.82, 2.24) is 5.32 Å². The molecule has 0 aromatic carbocycles. The molecule has 1 unspecified atom stereocenters. The van der Waals surface area contributed by atoms with Gasteiger partial charge in [0.2, 0.25) is 5.91 Å². The Labute approximate surface area is 364 Å². The van der Waals surface area contributed by atoms with Gasteiger partial charge in [0.05, 0.1) is 0 Å². The Balaban J connectivity index is 0. The van der Waals surface area contributed by atoms with Gasteiger partial charge in [0.1, 0.15) is 17.3 Å². The van der Waals surface area contributed by atoms with Crippen LogP contribution in [-0.4, -0.2) is 51.3 Å². The molecule has 0 saturated heterocycles. The van der Waals surface area contributed by atoms with E-state index in [2.05, 4.69) is 109 Å². The van der Waals surface area contributed by atoms with Gasteiger partial charge < -0.3 is 5.32 Å². The second-order valence-corrected chi connectivity index (χ2v) is 24.2. The second kappa shape index (κ2) is 30.8. The average Bonchev–Trinajstić information content (AvgIpc) is 3.19. The lowest BCUT2D eigenvalue weighted by Gasteiger charge is -2.28. The molecule has 9 heteroatoms. The highest BCUT2D eigenvalue weighted by Crippen LogP contribution is 2.41. The lowest BCUT2D eigenvalue weighted by molar-refractivity contribution is -0.129. The molecule has 0 bridgehead atoms.